The van der Waals surface area contributed by atoms with E-state index in [1.54, 1.807) is 29.6 Å². The van der Waals surface area contributed by atoms with Crippen molar-refractivity contribution in [2.75, 3.05) is 26.0 Å². The number of primary amides is 1. The number of aryl methyl sites for hydroxylation is 1. The molecule has 0 fully saturated rings. The van der Waals surface area contributed by atoms with Gasteiger partial charge in [0.15, 0.2) is 18.1 Å². The molecule has 144 valence electrons. The number of amides is 1. The number of tetrazole rings is 1. The molecule has 0 aliphatic heterocycles. The van der Waals surface area contributed by atoms with Gasteiger partial charge in [-0.15, -0.1) is 17.5 Å². The Morgan fingerprint density at radius 2 is 2.19 bits per heavy atom. The summed E-state index contributed by atoms with van der Waals surface area (Å²) in [5.74, 6) is 1.48. The van der Waals surface area contributed by atoms with Crippen LogP contribution in [0.4, 0.5) is 0 Å². The number of nitrogens with zero attached hydrogens (tertiary/aromatic N) is 4. The lowest BCUT2D eigenvalue weighted by Gasteiger charge is -2.11. The summed E-state index contributed by atoms with van der Waals surface area (Å²) in [6.07, 6.45) is 0.995. The molecule has 0 aliphatic rings. The number of ether oxygens (including phenoxy) is 2. The van der Waals surface area contributed by atoms with Crippen molar-refractivity contribution in [2.45, 2.75) is 18.1 Å². The van der Waals surface area contributed by atoms with Crippen LogP contribution in [0.5, 0.6) is 11.5 Å². The molecule has 2 aromatic rings. The van der Waals surface area contributed by atoms with Crippen molar-refractivity contribution in [3.63, 3.8) is 0 Å². The summed E-state index contributed by atoms with van der Waals surface area (Å²) in [4.78, 5) is 10.8. The van der Waals surface area contributed by atoms with Crippen LogP contribution >= 0.6 is 24.2 Å². The number of hydrogen-bond acceptors (Lipinski definition) is 8. The third-order valence-electron chi connectivity index (χ3n) is 3.24. The minimum absolute atomic E-state index is 0. The normalized spacial score (nSPS) is 10.2. The molecule has 9 nitrogen and oxygen atoms in total. The Hall–Kier alpha value is -2.04. The van der Waals surface area contributed by atoms with E-state index in [9.17, 15) is 4.79 Å². The van der Waals surface area contributed by atoms with Crippen molar-refractivity contribution in [2.24, 2.45) is 12.8 Å². The Balaban J connectivity index is 0.00000338. The van der Waals surface area contributed by atoms with Crippen molar-refractivity contribution in [1.29, 1.82) is 0 Å². The number of carbonyl (C=O) groups excluding carboxylic acids is 1. The zero-order valence-corrected chi connectivity index (χ0v) is 16.3. The van der Waals surface area contributed by atoms with Gasteiger partial charge in [0.05, 0.1) is 7.11 Å². The van der Waals surface area contributed by atoms with Gasteiger partial charge in [-0.3, -0.25) is 4.79 Å². The lowest BCUT2D eigenvalue weighted by atomic mass is 10.2. The van der Waals surface area contributed by atoms with Gasteiger partial charge in [-0.2, -0.15) is 0 Å². The maximum absolute atomic E-state index is 10.8. The van der Waals surface area contributed by atoms with Gasteiger partial charge in [0.25, 0.3) is 5.91 Å². The fourth-order valence-electron chi connectivity index (χ4n) is 2.03. The average molecular weight is 403 g/mol. The summed E-state index contributed by atoms with van der Waals surface area (Å²) in [5, 5.41) is 15.5. The maximum atomic E-state index is 10.8. The molecule has 1 aromatic carbocycles. The third kappa shape index (κ3) is 7.06. The van der Waals surface area contributed by atoms with Crippen LogP contribution in [-0.4, -0.2) is 52.1 Å². The predicted molar refractivity (Wildman–Crippen MR) is 101 cm³/mol. The van der Waals surface area contributed by atoms with E-state index in [0.717, 1.165) is 29.4 Å². The van der Waals surface area contributed by atoms with Gasteiger partial charge >= 0.3 is 0 Å². The van der Waals surface area contributed by atoms with Gasteiger partial charge < -0.3 is 20.5 Å². The number of nitrogens with two attached hydrogens (primary N) is 1. The lowest BCUT2D eigenvalue weighted by molar-refractivity contribution is -0.119. The number of benzene rings is 1. The highest BCUT2D eigenvalue weighted by molar-refractivity contribution is 7.99. The zero-order chi connectivity index (χ0) is 18.1. The first kappa shape index (κ1) is 22.0. The summed E-state index contributed by atoms with van der Waals surface area (Å²) < 4.78 is 12.3. The first-order chi connectivity index (χ1) is 12.1. The molecule has 3 N–H and O–H groups in total. The number of aromatic nitrogens is 4. The minimum Gasteiger partial charge on any atom is -0.493 e. The van der Waals surface area contributed by atoms with E-state index in [1.807, 2.05) is 19.2 Å². The number of rotatable bonds is 11. The number of hydrogen-bond donors (Lipinski definition) is 2. The quantitative estimate of drug-likeness (QED) is 0.418. The van der Waals surface area contributed by atoms with Gasteiger partial charge in [0, 0.05) is 19.3 Å². The highest BCUT2D eigenvalue weighted by Crippen LogP contribution is 2.28. The Bertz CT molecular complexity index is 700. The van der Waals surface area contributed by atoms with Gasteiger partial charge in [-0.05, 0) is 41.1 Å². The van der Waals surface area contributed by atoms with E-state index < -0.39 is 5.91 Å². The van der Waals surface area contributed by atoms with Crippen LogP contribution in [-0.2, 0) is 18.4 Å². The van der Waals surface area contributed by atoms with E-state index in [1.165, 1.54) is 0 Å². The number of nitrogens with one attached hydrogen (secondary N) is 1. The molecule has 0 atom stereocenters. The van der Waals surface area contributed by atoms with E-state index in [0.29, 0.717) is 18.0 Å². The second-order valence-electron chi connectivity index (χ2n) is 5.20. The number of thioether (sulfide) groups is 1. The predicted octanol–water partition coefficient (Wildman–Crippen LogP) is 0.777. The first-order valence-corrected chi connectivity index (χ1v) is 8.72. The molecular weight excluding hydrogens is 380 g/mol. The van der Waals surface area contributed by atoms with Gasteiger partial charge in [-0.1, -0.05) is 17.8 Å². The topological polar surface area (TPSA) is 117 Å². The number of halogens is 1. The summed E-state index contributed by atoms with van der Waals surface area (Å²) >= 11 is 1.63. The highest BCUT2D eigenvalue weighted by atomic mass is 35.5. The van der Waals surface area contributed by atoms with Gasteiger partial charge in [0.1, 0.15) is 0 Å². The molecule has 0 radical (unpaired) electrons. The second-order valence-corrected chi connectivity index (χ2v) is 6.27. The zero-order valence-electron chi connectivity index (χ0n) is 14.7. The fraction of sp³-hybridized carbons (Fsp3) is 0.467. The van der Waals surface area contributed by atoms with Crippen LogP contribution in [0.25, 0.3) is 0 Å². The van der Waals surface area contributed by atoms with Crippen LogP contribution in [0.3, 0.4) is 0 Å². The molecule has 1 amide bonds. The molecule has 0 spiro atoms. The summed E-state index contributed by atoms with van der Waals surface area (Å²) in [6.45, 7) is 1.41. The molecule has 1 aromatic heterocycles. The Kier molecular flexibility index (Phi) is 9.78. The largest absolute Gasteiger partial charge is 0.493 e. The average Bonchev–Trinajstić information content (AvgIpc) is 3.01. The van der Waals surface area contributed by atoms with Crippen LogP contribution in [0, 0.1) is 0 Å². The van der Waals surface area contributed by atoms with E-state index in [2.05, 4.69) is 20.8 Å². The summed E-state index contributed by atoms with van der Waals surface area (Å²) in [7, 11) is 3.38. The van der Waals surface area contributed by atoms with Crippen molar-refractivity contribution < 1.29 is 14.3 Å². The van der Waals surface area contributed by atoms with Crippen molar-refractivity contribution in [1.82, 2.24) is 25.5 Å². The maximum Gasteiger partial charge on any atom is 0.255 e. The minimum atomic E-state index is -0.525. The standard InChI is InChI=1S/C15H22N6O3S.ClH/c1-21-15(18-19-20-21)25-7-3-6-17-9-11-4-5-12(13(8-11)23-2)24-10-14(16)22;/h4-5,8,17H,3,6-7,9-10H2,1-2H3,(H2,16,22);1H. The Morgan fingerprint density at radius 3 is 2.85 bits per heavy atom. The molecule has 0 aliphatic carbocycles. The SMILES string of the molecule is COc1cc(CNCCCSc2nnnn2C)ccc1OCC(N)=O.Cl. The smallest absolute Gasteiger partial charge is 0.255 e. The van der Waals surface area contributed by atoms with Crippen molar-refractivity contribution in [3.8, 4) is 11.5 Å². The van der Waals surface area contributed by atoms with E-state index in [-0.39, 0.29) is 19.0 Å². The molecule has 0 saturated carbocycles. The lowest BCUT2D eigenvalue weighted by Crippen LogP contribution is -2.20. The van der Waals surface area contributed by atoms with Gasteiger partial charge in [0.2, 0.25) is 5.16 Å². The molecular formula is C15H23ClN6O3S. The van der Waals surface area contributed by atoms with Crippen LogP contribution in [0.1, 0.15) is 12.0 Å². The first-order valence-electron chi connectivity index (χ1n) is 7.74. The fourth-order valence-corrected chi connectivity index (χ4v) is 2.82. The molecule has 1 heterocycles. The van der Waals surface area contributed by atoms with E-state index >= 15 is 0 Å². The van der Waals surface area contributed by atoms with Crippen LogP contribution in [0.2, 0.25) is 0 Å². The molecule has 0 bridgehead atoms. The molecule has 0 unspecified atom stereocenters. The summed E-state index contributed by atoms with van der Waals surface area (Å²) in [6, 6.07) is 5.57. The van der Waals surface area contributed by atoms with Gasteiger partial charge in [-0.25, -0.2) is 4.68 Å². The summed E-state index contributed by atoms with van der Waals surface area (Å²) in [5.41, 5.74) is 6.14. The van der Waals surface area contributed by atoms with Crippen LogP contribution < -0.4 is 20.5 Å². The Morgan fingerprint density at radius 1 is 1.38 bits per heavy atom. The third-order valence-corrected chi connectivity index (χ3v) is 4.33. The van der Waals surface area contributed by atoms with Crippen molar-refractivity contribution in [3.05, 3.63) is 23.8 Å². The monoisotopic (exact) mass is 402 g/mol. The molecule has 26 heavy (non-hydrogen) atoms. The number of carbonyl (C=O) groups is 1. The van der Waals surface area contributed by atoms with Crippen molar-refractivity contribution >= 4 is 30.1 Å². The Labute approximate surface area is 162 Å². The van der Waals surface area contributed by atoms with E-state index in [4.69, 9.17) is 15.2 Å². The number of methoxy groups -OCH3 is 1. The molecule has 2 rings (SSSR count). The molecule has 11 heteroatoms. The second kappa shape index (κ2) is 11.6. The molecule has 0 saturated heterocycles. The highest BCUT2D eigenvalue weighted by Gasteiger charge is 2.07. The van der Waals surface area contributed by atoms with Crippen LogP contribution in [0.15, 0.2) is 23.4 Å².